The van der Waals surface area contributed by atoms with Gasteiger partial charge in [-0.3, -0.25) is 4.79 Å². The normalized spacial score (nSPS) is 17.8. The van der Waals surface area contributed by atoms with E-state index in [0.717, 1.165) is 12.1 Å². The Kier molecular flexibility index (Phi) is 4.70. The lowest BCUT2D eigenvalue weighted by Crippen LogP contribution is -2.44. The van der Waals surface area contributed by atoms with Crippen molar-refractivity contribution in [1.82, 2.24) is 19.7 Å². The molecule has 1 aliphatic rings. The molecule has 1 aromatic heterocycles. The van der Waals surface area contributed by atoms with Gasteiger partial charge in [0.1, 0.15) is 18.2 Å². The topological polar surface area (TPSA) is 69.5 Å². The Labute approximate surface area is 136 Å². The van der Waals surface area contributed by atoms with Crippen LogP contribution in [0.4, 0.5) is 8.78 Å². The fraction of sp³-hybridized carbons (Fsp3) is 0.400. The summed E-state index contributed by atoms with van der Waals surface area (Å²) in [5.74, 6) is -1.52. The molecule has 1 fully saturated rings. The summed E-state index contributed by atoms with van der Waals surface area (Å²) >= 11 is 0. The second kappa shape index (κ2) is 6.91. The van der Waals surface area contributed by atoms with E-state index in [0.29, 0.717) is 25.5 Å². The highest BCUT2D eigenvalue weighted by Gasteiger charge is 2.28. The number of rotatable bonds is 4. The first-order valence-corrected chi connectivity index (χ1v) is 7.35. The van der Waals surface area contributed by atoms with Gasteiger partial charge in [-0.2, -0.15) is 0 Å². The molecule has 0 bridgehead atoms. The maximum Gasteiger partial charge on any atom is 0.260 e. The minimum Gasteiger partial charge on any atom is -0.484 e. The van der Waals surface area contributed by atoms with Crippen molar-refractivity contribution in [2.45, 2.75) is 6.10 Å². The Morgan fingerprint density at radius 1 is 1.42 bits per heavy atom. The molecule has 1 saturated heterocycles. The first-order valence-electron chi connectivity index (χ1n) is 7.35. The second-order valence-electron chi connectivity index (χ2n) is 5.36. The van der Waals surface area contributed by atoms with E-state index in [-0.39, 0.29) is 24.4 Å². The number of carbonyl (C=O) groups excluding carboxylic acids is 1. The lowest BCUT2D eigenvalue weighted by Gasteiger charge is -2.32. The molecule has 1 atom stereocenters. The van der Waals surface area contributed by atoms with E-state index in [1.807, 2.05) is 0 Å². The van der Waals surface area contributed by atoms with Crippen molar-refractivity contribution in [2.24, 2.45) is 7.05 Å². The van der Waals surface area contributed by atoms with Crippen LogP contribution in [0.2, 0.25) is 0 Å². The van der Waals surface area contributed by atoms with Gasteiger partial charge in [-0.05, 0) is 12.1 Å². The number of nitrogens with zero attached hydrogens (tertiary/aromatic N) is 4. The van der Waals surface area contributed by atoms with Crippen LogP contribution >= 0.6 is 0 Å². The molecule has 1 unspecified atom stereocenters. The zero-order valence-electron chi connectivity index (χ0n) is 13.0. The number of amides is 1. The number of hydrogen-bond donors (Lipinski definition) is 0. The number of halogens is 2. The van der Waals surface area contributed by atoms with E-state index in [1.54, 1.807) is 22.8 Å². The Hall–Kier alpha value is -2.55. The molecule has 0 aliphatic carbocycles. The molecular weight excluding hydrogens is 322 g/mol. The summed E-state index contributed by atoms with van der Waals surface area (Å²) in [6.07, 6.45) is 1.20. The van der Waals surface area contributed by atoms with Crippen molar-refractivity contribution in [3.05, 3.63) is 42.0 Å². The molecule has 7 nitrogen and oxygen atoms in total. The van der Waals surface area contributed by atoms with Gasteiger partial charge in [0.05, 0.1) is 13.2 Å². The third-order valence-corrected chi connectivity index (χ3v) is 3.71. The Morgan fingerprint density at radius 3 is 2.96 bits per heavy atom. The van der Waals surface area contributed by atoms with E-state index in [2.05, 4.69) is 10.2 Å². The van der Waals surface area contributed by atoms with Crippen molar-refractivity contribution >= 4 is 5.91 Å². The number of morpholine rings is 1. The van der Waals surface area contributed by atoms with Gasteiger partial charge in [0.2, 0.25) is 0 Å². The first kappa shape index (κ1) is 16.3. The summed E-state index contributed by atoms with van der Waals surface area (Å²) in [6.45, 7) is 0.853. The van der Waals surface area contributed by atoms with Crippen LogP contribution in [0.1, 0.15) is 11.9 Å². The number of ether oxygens (including phenoxy) is 2. The predicted molar refractivity (Wildman–Crippen MR) is 78.1 cm³/mol. The molecule has 1 aliphatic heterocycles. The van der Waals surface area contributed by atoms with Crippen LogP contribution in [0.5, 0.6) is 5.75 Å². The summed E-state index contributed by atoms with van der Waals surface area (Å²) in [4.78, 5) is 13.8. The molecule has 24 heavy (non-hydrogen) atoms. The molecule has 0 saturated carbocycles. The average molecular weight is 338 g/mol. The molecule has 0 spiro atoms. The van der Waals surface area contributed by atoms with Crippen LogP contribution in [0, 0.1) is 11.6 Å². The minimum absolute atomic E-state index is 0.0976. The van der Waals surface area contributed by atoms with E-state index in [1.165, 1.54) is 6.07 Å². The zero-order valence-corrected chi connectivity index (χ0v) is 13.0. The molecular formula is C15H16F2N4O3. The van der Waals surface area contributed by atoms with Crippen LogP contribution in [0.3, 0.4) is 0 Å². The SMILES string of the molecule is Cn1cnnc1C1CN(C(=O)COc2ccc(F)c(F)c2)CCO1. The number of benzene rings is 1. The van der Waals surface area contributed by atoms with E-state index in [4.69, 9.17) is 9.47 Å². The lowest BCUT2D eigenvalue weighted by molar-refractivity contribution is -0.141. The third kappa shape index (κ3) is 3.51. The van der Waals surface area contributed by atoms with E-state index >= 15 is 0 Å². The fourth-order valence-corrected chi connectivity index (χ4v) is 2.42. The lowest BCUT2D eigenvalue weighted by atomic mass is 10.2. The molecule has 3 rings (SSSR count). The number of carbonyl (C=O) groups is 1. The predicted octanol–water partition coefficient (Wildman–Crippen LogP) is 1.07. The third-order valence-electron chi connectivity index (χ3n) is 3.71. The van der Waals surface area contributed by atoms with E-state index < -0.39 is 11.6 Å². The van der Waals surface area contributed by atoms with Gasteiger partial charge >= 0.3 is 0 Å². The molecule has 9 heteroatoms. The smallest absolute Gasteiger partial charge is 0.260 e. The molecule has 0 N–H and O–H groups in total. The van der Waals surface area contributed by atoms with Crippen LogP contribution in [-0.4, -0.2) is 51.9 Å². The van der Waals surface area contributed by atoms with Crippen LogP contribution < -0.4 is 4.74 Å². The van der Waals surface area contributed by atoms with Gasteiger partial charge in [0.25, 0.3) is 5.91 Å². The van der Waals surface area contributed by atoms with Gasteiger partial charge in [-0.15, -0.1) is 10.2 Å². The average Bonchev–Trinajstić information content (AvgIpc) is 3.02. The molecule has 2 aromatic rings. The standard InChI is InChI=1S/C15H16F2N4O3/c1-20-9-18-19-15(20)13-7-21(4-5-23-13)14(22)8-24-10-2-3-11(16)12(17)6-10/h2-3,6,9,13H,4-5,7-8H2,1H3. The summed E-state index contributed by atoms with van der Waals surface area (Å²) in [6, 6.07) is 3.13. The van der Waals surface area contributed by atoms with Gasteiger partial charge in [0, 0.05) is 19.7 Å². The molecule has 1 aromatic carbocycles. The summed E-state index contributed by atoms with van der Waals surface area (Å²) in [5.41, 5.74) is 0. The number of aryl methyl sites for hydroxylation is 1. The van der Waals surface area contributed by atoms with Crippen LogP contribution in [-0.2, 0) is 16.6 Å². The van der Waals surface area contributed by atoms with Gasteiger partial charge in [-0.1, -0.05) is 0 Å². The highest BCUT2D eigenvalue weighted by molar-refractivity contribution is 5.77. The van der Waals surface area contributed by atoms with Crippen LogP contribution in [0.15, 0.2) is 24.5 Å². The molecule has 128 valence electrons. The monoisotopic (exact) mass is 338 g/mol. The fourth-order valence-electron chi connectivity index (χ4n) is 2.42. The van der Waals surface area contributed by atoms with Gasteiger partial charge < -0.3 is 18.9 Å². The molecule has 2 heterocycles. The number of hydrogen-bond acceptors (Lipinski definition) is 5. The van der Waals surface area contributed by atoms with Gasteiger partial charge in [0.15, 0.2) is 24.1 Å². The maximum atomic E-state index is 13.1. The highest BCUT2D eigenvalue weighted by atomic mass is 19.2. The number of aromatic nitrogens is 3. The van der Waals surface area contributed by atoms with Crippen molar-refractivity contribution in [2.75, 3.05) is 26.3 Å². The summed E-state index contributed by atoms with van der Waals surface area (Å²) in [7, 11) is 1.80. The van der Waals surface area contributed by atoms with Gasteiger partial charge in [-0.25, -0.2) is 8.78 Å². The maximum absolute atomic E-state index is 13.1. The first-order chi connectivity index (χ1) is 11.5. The Balaban J connectivity index is 1.58. The Morgan fingerprint density at radius 2 is 2.25 bits per heavy atom. The summed E-state index contributed by atoms with van der Waals surface area (Å²) in [5, 5.41) is 7.78. The van der Waals surface area contributed by atoms with E-state index in [9.17, 15) is 13.6 Å². The highest BCUT2D eigenvalue weighted by Crippen LogP contribution is 2.20. The summed E-state index contributed by atoms with van der Waals surface area (Å²) < 4.78 is 38.6. The quantitative estimate of drug-likeness (QED) is 0.834. The van der Waals surface area contributed by atoms with Crippen molar-refractivity contribution in [3.63, 3.8) is 0 Å². The molecule has 0 radical (unpaired) electrons. The zero-order chi connectivity index (χ0) is 17.1. The van der Waals surface area contributed by atoms with Crippen molar-refractivity contribution < 1.29 is 23.0 Å². The minimum atomic E-state index is -1.02. The van der Waals surface area contributed by atoms with Crippen LogP contribution in [0.25, 0.3) is 0 Å². The van der Waals surface area contributed by atoms with Crippen molar-refractivity contribution in [3.8, 4) is 5.75 Å². The molecule has 1 amide bonds. The van der Waals surface area contributed by atoms with Crippen molar-refractivity contribution in [1.29, 1.82) is 0 Å². The largest absolute Gasteiger partial charge is 0.484 e. The Bertz CT molecular complexity index is 737. The second-order valence-corrected chi connectivity index (χ2v) is 5.36.